The zero-order valence-electron chi connectivity index (χ0n) is 12.7. The van der Waals surface area contributed by atoms with Crippen LogP contribution in [0.2, 0.25) is 0 Å². The van der Waals surface area contributed by atoms with Gasteiger partial charge in [-0.05, 0) is 44.4 Å². The molecule has 0 amide bonds. The maximum Gasteiger partial charge on any atom is 0.247 e. The largest absolute Gasteiger partial charge is 0.492 e. The molecule has 2 N–H and O–H groups in total. The first-order chi connectivity index (χ1) is 10.0. The summed E-state index contributed by atoms with van der Waals surface area (Å²) in [6.45, 7) is 4.86. The molecule has 0 bridgehead atoms. The average molecular weight is 312 g/mol. The van der Waals surface area contributed by atoms with Crippen molar-refractivity contribution >= 4 is 15.7 Å². The SMILES string of the molecule is CCOc1ccc(N)cc1S(=O)(=O)N1CCCCC1CC. The van der Waals surface area contributed by atoms with Gasteiger partial charge in [0.05, 0.1) is 6.61 Å². The Hall–Kier alpha value is -1.27. The normalized spacial score (nSPS) is 20.4. The number of sulfonamides is 1. The Bertz CT molecular complexity index is 587. The second kappa shape index (κ2) is 6.66. The maximum atomic E-state index is 13.0. The Morgan fingerprint density at radius 2 is 2.10 bits per heavy atom. The van der Waals surface area contributed by atoms with E-state index in [1.807, 2.05) is 13.8 Å². The van der Waals surface area contributed by atoms with E-state index in [1.165, 1.54) is 6.07 Å². The molecule has 1 aliphatic heterocycles. The Morgan fingerprint density at radius 1 is 1.33 bits per heavy atom. The van der Waals surface area contributed by atoms with Crippen LogP contribution in [0.25, 0.3) is 0 Å². The molecule has 118 valence electrons. The van der Waals surface area contributed by atoms with Crippen LogP contribution in [0.3, 0.4) is 0 Å². The lowest BCUT2D eigenvalue weighted by Gasteiger charge is -2.34. The van der Waals surface area contributed by atoms with E-state index in [1.54, 1.807) is 16.4 Å². The van der Waals surface area contributed by atoms with E-state index < -0.39 is 10.0 Å². The maximum absolute atomic E-state index is 13.0. The van der Waals surface area contributed by atoms with Crippen molar-refractivity contribution in [1.29, 1.82) is 0 Å². The van der Waals surface area contributed by atoms with Crippen molar-refractivity contribution in [3.8, 4) is 5.75 Å². The van der Waals surface area contributed by atoms with E-state index in [9.17, 15) is 8.42 Å². The average Bonchev–Trinajstić information content (AvgIpc) is 2.49. The van der Waals surface area contributed by atoms with Crippen LogP contribution in [0.15, 0.2) is 23.1 Å². The van der Waals surface area contributed by atoms with Crippen LogP contribution < -0.4 is 10.5 Å². The van der Waals surface area contributed by atoms with Crippen molar-refractivity contribution in [2.75, 3.05) is 18.9 Å². The molecule has 6 heteroatoms. The summed E-state index contributed by atoms with van der Waals surface area (Å²) in [6, 6.07) is 4.87. The molecule has 1 atom stereocenters. The van der Waals surface area contributed by atoms with Crippen LogP contribution in [0.1, 0.15) is 39.5 Å². The van der Waals surface area contributed by atoms with Gasteiger partial charge in [-0.3, -0.25) is 0 Å². The summed E-state index contributed by atoms with van der Waals surface area (Å²) < 4.78 is 33.1. The first-order valence-electron chi connectivity index (χ1n) is 7.54. The van der Waals surface area contributed by atoms with Gasteiger partial charge in [0.1, 0.15) is 10.6 Å². The molecule has 0 radical (unpaired) electrons. The molecule has 5 nitrogen and oxygen atoms in total. The van der Waals surface area contributed by atoms with Gasteiger partial charge in [0.2, 0.25) is 10.0 Å². The molecule has 0 saturated carbocycles. The van der Waals surface area contributed by atoms with E-state index in [-0.39, 0.29) is 10.9 Å². The van der Waals surface area contributed by atoms with Crippen molar-refractivity contribution < 1.29 is 13.2 Å². The summed E-state index contributed by atoms with van der Waals surface area (Å²) in [5.74, 6) is 0.382. The highest BCUT2D eigenvalue weighted by molar-refractivity contribution is 7.89. The number of nitrogens with two attached hydrogens (primary N) is 1. The van der Waals surface area contributed by atoms with E-state index in [2.05, 4.69) is 0 Å². The summed E-state index contributed by atoms with van der Waals surface area (Å²) in [7, 11) is -3.57. The zero-order valence-corrected chi connectivity index (χ0v) is 13.5. The molecular weight excluding hydrogens is 288 g/mol. The number of hydrogen-bond acceptors (Lipinski definition) is 4. The first kappa shape index (κ1) is 16.1. The highest BCUT2D eigenvalue weighted by atomic mass is 32.2. The molecule has 1 heterocycles. The van der Waals surface area contributed by atoms with Crippen LogP contribution in [-0.4, -0.2) is 31.9 Å². The Kier molecular flexibility index (Phi) is 5.11. The highest BCUT2D eigenvalue weighted by Crippen LogP contribution is 2.33. The molecule has 1 unspecified atom stereocenters. The summed E-state index contributed by atoms with van der Waals surface area (Å²) >= 11 is 0. The van der Waals surface area contributed by atoms with Gasteiger partial charge in [0.25, 0.3) is 0 Å². The summed E-state index contributed by atoms with van der Waals surface area (Å²) in [4.78, 5) is 0.185. The number of piperidine rings is 1. The van der Waals surface area contributed by atoms with Crippen molar-refractivity contribution in [2.24, 2.45) is 0 Å². The van der Waals surface area contributed by atoms with Crippen LogP contribution >= 0.6 is 0 Å². The fourth-order valence-electron chi connectivity index (χ4n) is 2.83. The van der Waals surface area contributed by atoms with Gasteiger partial charge < -0.3 is 10.5 Å². The van der Waals surface area contributed by atoms with Crippen LogP contribution in [0, 0.1) is 0 Å². The molecule has 1 aliphatic rings. The molecule has 0 aromatic heterocycles. The van der Waals surface area contributed by atoms with E-state index in [4.69, 9.17) is 10.5 Å². The Morgan fingerprint density at radius 3 is 2.76 bits per heavy atom. The second-order valence-electron chi connectivity index (χ2n) is 5.31. The molecule has 1 aromatic rings. The van der Waals surface area contributed by atoms with Gasteiger partial charge in [0, 0.05) is 18.3 Å². The Balaban J connectivity index is 2.45. The smallest absolute Gasteiger partial charge is 0.247 e. The third kappa shape index (κ3) is 3.32. The third-order valence-electron chi connectivity index (χ3n) is 3.90. The molecule has 1 saturated heterocycles. The quantitative estimate of drug-likeness (QED) is 0.848. The number of nitrogen functional groups attached to an aromatic ring is 1. The predicted molar refractivity (Wildman–Crippen MR) is 83.8 cm³/mol. The highest BCUT2D eigenvalue weighted by Gasteiger charge is 2.34. The topological polar surface area (TPSA) is 72.6 Å². The lowest BCUT2D eigenvalue weighted by Crippen LogP contribution is -2.43. The van der Waals surface area contributed by atoms with Crippen molar-refractivity contribution in [3.63, 3.8) is 0 Å². The molecule has 2 rings (SSSR count). The standard InChI is InChI=1S/C15H24N2O3S/c1-3-13-7-5-6-10-17(13)21(18,19)15-11-12(16)8-9-14(15)20-4-2/h8-9,11,13H,3-7,10,16H2,1-2H3. The van der Waals surface area contributed by atoms with Crippen LogP contribution in [0.4, 0.5) is 5.69 Å². The van der Waals surface area contributed by atoms with Crippen molar-refractivity contribution in [2.45, 2.75) is 50.5 Å². The van der Waals surface area contributed by atoms with Gasteiger partial charge >= 0.3 is 0 Å². The molecule has 1 fully saturated rings. The predicted octanol–water partition coefficient (Wildman–Crippen LogP) is 2.62. The fraction of sp³-hybridized carbons (Fsp3) is 0.600. The number of hydrogen-bond donors (Lipinski definition) is 1. The number of anilines is 1. The van der Waals surface area contributed by atoms with E-state index in [0.717, 1.165) is 25.7 Å². The second-order valence-corrected chi connectivity index (χ2v) is 7.17. The monoisotopic (exact) mass is 312 g/mol. The molecule has 0 spiro atoms. The van der Waals surface area contributed by atoms with Gasteiger partial charge in [-0.25, -0.2) is 8.42 Å². The summed E-state index contributed by atoms with van der Waals surface area (Å²) in [5, 5.41) is 0. The number of benzene rings is 1. The van der Waals surface area contributed by atoms with Gasteiger partial charge in [-0.1, -0.05) is 13.3 Å². The number of nitrogens with zero attached hydrogens (tertiary/aromatic N) is 1. The number of rotatable bonds is 5. The van der Waals surface area contributed by atoms with Gasteiger partial charge in [-0.2, -0.15) is 4.31 Å². The van der Waals surface area contributed by atoms with Crippen LogP contribution in [0.5, 0.6) is 5.75 Å². The van der Waals surface area contributed by atoms with E-state index in [0.29, 0.717) is 24.6 Å². The minimum absolute atomic E-state index is 0.0691. The molecule has 21 heavy (non-hydrogen) atoms. The molecule has 1 aromatic carbocycles. The van der Waals surface area contributed by atoms with Crippen LogP contribution in [-0.2, 0) is 10.0 Å². The lowest BCUT2D eigenvalue weighted by atomic mass is 10.0. The minimum Gasteiger partial charge on any atom is -0.492 e. The van der Waals surface area contributed by atoms with Gasteiger partial charge in [0.15, 0.2) is 0 Å². The van der Waals surface area contributed by atoms with Crippen molar-refractivity contribution in [1.82, 2.24) is 4.31 Å². The summed E-state index contributed by atoms with van der Waals surface area (Å²) in [6.07, 6.45) is 3.73. The first-order valence-corrected chi connectivity index (χ1v) is 8.98. The van der Waals surface area contributed by atoms with Gasteiger partial charge in [-0.15, -0.1) is 0 Å². The summed E-state index contributed by atoms with van der Waals surface area (Å²) in [5.41, 5.74) is 6.21. The third-order valence-corrected chi connectivity index (χ3v) is 5.87. The lowest BCUT2D eigenvalue weighted by molar-refractivity contribution is 0.245. The minimum atomic E-state index is -3.57. The Labute approximate surface area is 127 Å². The number of ether oxygens (including phenoxy) is 1. The molecular formula is C15H24N2O3S. The molecule has 0 aliphatic carbocycles. The van der Waals surface area contributed by atoms with Crippen molar-refractivity contribution in [3.05, 3.63) is 18.2 Å². The van der Waals surface area contributed by atoms with E-state index >= 15 is 0 Å². The zero-order chi connectivity index (χ0) is 15.5. The fourth-order valence-corrected chi connectivity index (χ4v) is 4.76.